The quantitative estimate of drug-likeness (QED) is 0.508. The van der Waals surface area contributed by atoms with E-state index in [-0.39, 0.29) is 5.56 Å². The molecule has 0 N–H and O–H groups in total. The first-order valence-electron chi connectivity index (χ1n) is 8.46. The van der Waals surface area contributed by atoms with Crippen LogP contribution in [0.15, 0.2) is 28.6 Å². The highest BCUT2D eigenvalue weighted by Gasteiger charge is 2.16. The van der Waals surface area contributed by atoms with Gasteiger partial charge in [0.2, 0.25) is 0 Å². The van der Waals surface area contributed by atoms with Gasteiger partial charge in [0.1, 0.15) is 4.83 Å². The van der Waals surface area contributed by atoms with Gasteiger partial charge in [0.05, 0.1) is 18.3 Å². The molecule has 0 spiro atoms. The molecule has 0 saturated carbocycles. The zero-order chi connectivity index (χ0) is 18.1. The topological polar surface area (TPSA) is 78.5 Å². The average molecular weight is 387 g/mol. The first-order chi connectivity index (χ1) is 12.7. The molecule has 4 heterocycles. The maximum atomic E-state index is 13.1. The van der Waals surface area contributed by atoms with Crippen molar-refractivity contribution in [3.8, 4) is 10.4 Å². The van der Waals surface area contributed by atoms with E-state index in [1.165, 1.54) is 16.2 Å². The van der Waals surface area contributed by atoms with Gasteiger partial charge in [0.25, 0.3) is 5.56 Å². The van der Waals surface area contributed by atoms with E-state index in [0.717, 1.165) is 34.7 Å². The van der Waals surface area contributed by atoms with Crippen LogP contribution in [0.25, 0.3) is 20.7 Å². The van der Waals surface area contributed by atoms with Gasteiger partial charge in [-0.05, 0) is 35.9 Å². The molecule has 0 atom stereocenters. The van der Waals surface area contributed by atoms with Crippen molar-refractivity contribution in [3.63, 3.8) is 0 Å². The fourth-order valence-corrected chi connectivity index (χ4v) is 4.67. The summed E-state index contributed by atoms with van der Waals surface area (Å²) in [4.78, 5) is 20.7. The first-order valence-corrected chi connectivity index (χ1v) is 10.2. The summed E-state index contributed by atoms with van der Waals surface area (Å²) in [5, 5.41) is 14.5. The molecule has 0 amide bonds. The van der Waals surface area contributed by atoms with Crippen LogP contribution in [0.5, 0.6) is 0 Å². The van der Waals surface area contributed by atoms with E-state index in [1.54, 1.807) is 26.9 Å². The van der Waals surface area contributed by atoms with Crippen LogP contribution in [0, 0.1) is 6.92 Å². The summed E-state index contributed by atoms with van der Waals surface area (Å²) in [5.74, 6) is 0.672. The van der Waals surface area contributed by atoms with E-state index in [2.05, 4.69) is 46.5 Å². The summed E-state index contributed by atoms with van der Waals surface area (Å²) in [6.45, 7) is 5.25. The van der Waals surface area contributed by atoms with Gasteiger partial charge in [-0.3, -0.25) is 9.36 Å². The van der Waals surface area contributed by atoms with Crippen LogP contribution in [0.1, 0.15) is 30.5 Å². The molecule has 0 aliphatic heterocycles. The highest BCUT2D eigenvalue weighted by Crippen LogP contribution is 2.34. The Bertz CT molecular complexity index is 1110. The third kappa shape index (κ3) is 3.08. The van der Waals surface area contributed by atoms with Crippen LogP contribution in [0.3, 0.4) is 0 Å². The highest BCUT2D eigenvalue weighted by atomic mass is 32.1. The highest BCUT2D eigenvalue weighted by molar-refractivity contribution is 7.19. The molecule has 0 radical (unpaired) electrons. The Labute approximate surface area is 157 Å². The van der Waals surface area contributed by atoms with Crippen molar-refractivity contribution in [3.05, 3.63) is 44.9 Å². The molecule has 9 heteroatoms. The average Bonchev–Trinajstić information content (AvgIpc) is 3.35. The van der Waals surface area contributed by atoms with Gasteiger partial charge in [0, 0.05) is 27.2 Å². The number of thiophene rings is 2. The van der Waals surface area contributed by atoms with Crippen LogP contribution in [-0.2, 0) is 13.1 Å². The smallest absolute Gasteiger partial charge is 0.263 e. The minimum atomic E-state index is -0.0534. The number of nitrogens with zero attached hydrogens (tertiary/aromatic N) is 6. The maximum Gasteiger partial charge on any atom is 0.263 e. The Morgan fingerprint density at radius 1 is 1.27 bits per heavy atom. The molecule has 4 rings (SSSR count). The van der Waals surface area contributed by atoms with Crippen LogP contribution in [0.4, 0.5) is 0 Å². The fourth-order valence-electron chi connectivity index (χ4n) is 2.81. The number of rotatable bonds is 6. The number of hydrogen-bond donors (Lipinski definition) is 0. The van der Waals surface area contributed by atoms with E-state index in [9.17, 15) is 4.79 Å². The molecule has 0 aliphatic carbocycles. The molecule has 0 unspecified atom stereocenters. The second-order valence-corrected chi connectivity index (χ2v) is 8.24. The third-order valence-electron chi connectivity index (χ3n) is 4.21. The van der Waals surface area contributed by atoms with Gasteiger partial charge in [-0.15, -0.1) is 27.8 Å². The summed E-state index contributed by atoms with van der Waals surface area (Å²) >= 11 is 3.19. The largest absolute Gasteiger partial charge is 0.291 e. The summed E-state index contributed by atoms with van der Waals surface area (Å²) in [7, 11) is 0. The predicted octanol–water partition coefficient (Wildman–Crippen LogP) is 3.33. The Hall–Kier alpha value is -2.39. The molecule has 26 heavy (non-hydrogen) atoms. The van der Waals surface area contributed by atoms with Gasteiger partial charge in [-0.2, -0.15) is 0 Å². The van der Waals surface area contributed by atoms with Crippen molar-refractivity contribution in [1.82, 2.24) is 29.8 Å². The van der Waals surface area contributed by atoms with E-state index in [1.807, 2.05) is 5.38 Å². The number of fused-ring (bicyclic) bond motifs is 1. The normalized spacial score (nSPS) is 11.5. The number of aryl methyl sites for hydroxylation is 2. The molecule has 4 aromatic rings. The van der Waals surface area contributed by atoms with Gasteiger partial charge >= 0.3 is 0 Å². The lowest BCUT2D eigenvalue weighted by Gasteiger charge is -2.06. The molecule has 7 nitrogen and oxygen atoms in total. The third-order valence-corrected chi connectivity index (χ3v) is 6.13. The molecular formula is C17H18N6OS2. The zero-order valence-corrected chi connectivity index (χ0v) is 16.2. The SMILES string of the molecule is CCCCn1nnnc1Cn1cnc2scc(-c3ccc(C)s3)c2c1=O. The fraction of sp³-hybridized carbons (Fsp3) is 0.353. The lowest BCUT2D eigenvalue weighted by Crippen LogP contribution is -2.23. The molecular weight excluding hydrogens is 368 g/mol. The Kier molecular flexibility index (Phi) is 4.64. The molecule has 0 saturated heterocycles. The van der Waals surface area contributed by atoms with Gasteiger partial charge in [-0.1, -0.05) is 13.3 Å². The van der Waals surface area contributed by atoms with E-state index < -0.39 is 0 Å². The Morgan fingerprint density at radius 2 is 2.15 bits per heavy atom. The first kappa shape index (κ1) is 17.0. The van der Waals surface area contributed by atoms with E-state index in [4.69, 9.17) is 0 Å². The zero-order valence-electron chi connectivity index (χ0n) is 14.5. The van der Waals surface area contributed by atoms with Gasteiger partial charge < -0.3 is 0 Å². The van der Waals surface area contributed by atoms with Crippen molar-refractivity contribution in [2.45, 2.75) is 39.8 Å². The molecule has 0 fully saturated rings. The molecule has 0 aromatic carbocycles. The second kappa shape index (κ2) is 7.08. The standard InChI is InChI=1S/C17H18N6OS2/c1-3-4-7-23-14(19-20-21-23)8-22-10-18-16-15(17(22)24)12(9-25-16)13-6-5-11(2)26-13/h5-6,9-10H,3-4,7-8H2,1-2H3. The van der Waals surface area contributed by atoms with Crippen LogP contribution in [0.2, 0.25) is 0 Å². The molecule has 0 bridgehead atoms. The van der Waals surface area contributed by atoms with Crippen molar-refractivity contribution in [2.75, 3.05) is 0 Å². The number of tetrazole rings is 1. The van der Waals surface area contributed by atoms with Gasteiger partial charge in [0.15, 0.2) is 5.82 Å². The summed E-state index contributed by atoms with van der Waals surface area (Å²) < 4.78 is 3.35. The van der Waals surface area contributed by atoms with Gasteiger partial charge in [-0.25, -0.2) is 9.67 Å². The summed E-state index contributed by atoms with van der Waals surface area (Å²) in [6.07, 6.45) is 3.64. The van der Waals surface area contributed by atoms with Crippen molar-refractivity contribution in [1.29, 1.82) is 0 Å². The minimum Gasteiger partial charge on any atom is -0.291 e. The van der Waals surface area contributed by atoms with Crippen LogP contribution < -0.4 is 5.56 Å². The molecule has 134 valence electrons. The van der Waals surface area contributed by atoms with Crippen LogP contribution >= 0.6 is 22.7 Å². The van der Waals surface area contributed by atoms with E-state index in [0.29, 0.717) is 17.8 Å². The maximum absolute atomic E-state index is 13.1. The second-order valence-electron chi connectivity index (χ2n) is 6.09. The minimum absolute atomic E-state index is 0.0534. The number of hydrogen-bond acceptors (Lipinski definition) is 7. The number of aromatic nitrogens is 6. The predicted molar refractivity (Wildman–Crippen MR) is 104 cm³/mol. The van der Waals surface area contributed by atoms with E-state index >= 15 is 0 Å². The Morgan fingerprint density at radius 3 is 2.92 bits per heavy atom. The monoisotopic (exact) mass is 386 g/mol. The summed E-state index contributed by atoms with van der Waals surface area (Å²) in [6, 6.07) is 4.13. The van der Waals surface area contributed by atoms with Crippen molar-refractivity contribution in [2.24, 2.45) is 0 Å². The lowest BCUT2D eigenvalue weighted by atomic mass is 10.2. The van der Waals surface area contributed by atoms with Crippen molar-refractivity contribution >= 4 is 32.9 Å². The summed E-state index contributed by atoms with van der Waals surface area (Å²) in [5.41, 5.74) is 0.905. The Balaban J connectivity index is 1.74. The molecule has 4 aromatic heterocycles. The number of unbranched alkanes of at least 4 members (excludes halogenated alkanes) is 1. The molecule has 0 aliphatic rings. The lowest BCUT2D eigenvalue weighted by molar-refractivity contribution is 0.521. The van der Waals surface area contributed by atoms with Crippen molar-refractivity contribution < 1.29 is 0 Å². The van der Waals surface area contributed by atoms with Crippen LogP contribution in [-0.4, -0.2) is 29.8 Å².